The van der Waals surface area contributed by atoms with E-state index in [9.17, 15) is 9.59 Å². The second-order valence-corrected chi connectivity index (χ2v) is 5.52. The summed E-state index contributed by atoms with van der Waals surface area (Å²) in [5.74, 6) is -0.104. The van der Waals surface area contributed by atoms with Crippen molar-refractivity contribution < 1.29 is 9.59 Å². The van der Waals surface area contributed by atoms with Crippen molar-refractivity contribution in [3.05, 3.63) is 48.5 Å². The lowest BCUT2D eigenvalue weighted by Gasteiger charge is -2.21. The van der Waals surface area contributed by atoms with Crippen molar-refractivity contribution in [2.75, 3.05) is 4.90 Å². The van der Waals surface area contributed by atoms with E-state index < -0.39 is 6.04 Å². The van der Waals surface area contributed by atoms with Crippen LogP contribution in [0.1, 0.15) is 24.0 Å². The number of aromatic nitrogens is 2. The number of aryl methyl sites for hydroxylation is 1. The number of nitrogens with zero attached hydrogens (tertiary/aromatic N) is 3. The van der Waals surface area contributed by atoms with Crippen LogP contribution in [0.4, 0.5) is 5.69 Å². The fourth-order valence-electron chi connectivity index (χ4n) is 2.83. The monoisotopic (exact) mass is 298 g/mol. The number of hydrogen-bond donors (Lipinski definition) is 1. The highest BCUT2D eigenvalue weighted by atomic mass is 16.2. The van der Waals surface area contributed by atoms with Gasteiger partial charge in [0.2, 0.25) is 5.91 Å². The number of carbonyl (C=O) groups excluding carboxylic acids is 2. The summed E-state index contributed by atoms with van der Waals surface area (Å²) in [5, 5.41) is 2.79. The minimum atomic E-state index is -0.514. The van der Waals surface area contributed by atoms with Gasteiger partial charge in [0.05, 0.1) is 0 Å². The zero-order chi connectivity index (χ0) is 15.7. The molecule has 0 bridgehead atoms. The quantitative estimate of drug-likeness (QED) is 0.930. The fourth-order valence-corrected chi connectivity index (χ4v) is 2.83. The average molecular weight is 298 g/mol. The van der Waals surface area contributed by atoms with E-state index in [0.29, 0.717) is 12.2 Å². The fraction of sp³-hybridized carbons (Fsp3) is 0.312. The van der Waals surface area contributed by atoms with Crippen molar-refractivity contribution >= 4 is 17.5 Å². The second-order valence-electron chi connectivity index (χ2n) is 5.52. The molecule has 114 valence electrons. The molecule has 3 rings (SSSR count). The van der Waals surface area contributed by atoms with Gasteiger partial charge in [-0.3, -0.25) is 9.59 Å². The van der Waals surface area contributed by atoms with Crippen LogP contribution in [0, 0.1) is 0 Å². The number of hydrogen-bond acceptors (Lipinski definition) is 3. The van der Waals surface area contributed by atoms with E-state index in [0.717, 1.165) is 5.69 Å². The van der Waals surface area contributed by atoms with Gasteiger partial charge < -0.3 is 14.8 Å². The molecule has 0 spiro atoms. The molecule has 0 radical (unpaired) electrons. The lowest BCUT2D eigenvalue weighted by atomic mass is 10.2. The van der Waals surface area contributed by atoms with Crippen LogP contribution >= 0.6 is 0 Å². The minimum Gasteiger partial charge on any atom is -0.337 e. The number of anilines is 1. The summed E-state index contributed by atoms with van der Waals surface area (Å²) in [5.41, 5.74) is 0.855. The number of imidazole rings is 1. The number of amides is 2. The van der Waals surface area contributed by atoms with Gasteiger partial charge >= 0.3 is 0 Å². The lowest BCUT2D eigenvalue weighted by molar-refractivity contribution is -0.118. The van der Waals surface area contributed by atoms with Crippen LogP contribution in [-0.4, -0.2) is 33.4 Å². The molecule has 1 aromatic carbocycles. The summed E-state index contributed by atoms with van der Waals surface area (Å²) in [7, 11) is 1.75. The molecular formula is C16H18N4O2. The van der Waals surface area contributed by atoms with Crippen LogP contribution < -0.4 is 10.2 Å². The largest absolute Gasteiger partial charge is 0.337 e. The first-order valence-corrected chi connectivity index (χ1v) is 7.24. The highest BCUT2D eigenvalue weighted by Crippen LogP contribution is 2.26. The molecule has 0 saturated carbocycles. The molecule has 1 aliphatic rings. The van der Waals surface area contributed by atoms with Crippen molar-refractivity contribution in [2.24, 2.45) is 7.05 Å². The Balaban J connectivity index is 1.76. The predicted molar refractivity (Wildman–Crippen MR) is 82.5 cm³/mol. The molecule has 0 aliphatic carbocycles. The van der Waals surface area contributed by atoms with E-state index in [-0.39, 0.29) is 17.9 Å². The molecule has 1 aromatic heterocycles. The van der Waals surface area contributed by atoms with Gasteiger partial charge in [-0.1, -0.05) is 18.2 Å². The number of rotatable bonds is 3. The summed E-state index contributed by atoms with van der Waals surface area (Å²) in [4.78, 5) is 30.5. The predicted octanol–water partition coefficient (Wildman–Crippen LogP) is 1.34. The third-order valence-electron chi connectivity index (χ3n) is 3.92. The smallest absolute Gasteiger partial charge is 0.287 e. The normalized spacial score (nSPS) is 21.2. The van der Waals surface area contributed by atoms with Crippen LogP contribution in [0.15, 0.2) is 42.7 Å². The molecule has 0 unspecified atom stereocenters. The molecule has 2 amide bonds. The standard InChI is InChI=1S/C16H18N4O2/c1-11-10-13(18-15(21)14-17-8-9-19(14)2)16(22)20(11)12-6-4-3-5-7-12/h3-9,11,13H,10H2,1-2H3,(H,18,21)/t11-,13-/m0/s1. The summed E-state index contributed by atoms with van der Waals surface area (Å²) in [6, 6.07) is 9.04. The number of benzene rings is 1. The van der Waals surface area contributed by atoms with Crippen LogP contribution in [0.3, 0.4) is 0 Å². The lowest BCUT2D eigenvalue weighted by Crippen LogP contribution is -2.42. The van der Waals surface area contributed by atoms with Crippen molar-refractivity contribution in [3.63, 3.8) is 0 Å². The maximum absolute atomic E-state index is 12.6. The molecule has 22 heavy (non-hydrogen) atoms. The number of carbonyl (C=O) groups is 2. The van der Waals surface area contributed by atoms with Gasteiger partial charge in [0, 0.05) is 31.2 Å². The van der Waals surface area contributed by atoms with Gasteiger partial charge in [0.1, 0.15) is 6.04 Å². The summed E-state index contributed by atoms with van der Waals surface area (Å²) in [6.45, 7) is 1.98. The molecular weight excluding hydrogens is 280 g/mol. The Morgan fingerprint density at radius 3 is 2.68 bits per heavy atom. The molecule has 1 saturated heterocycles. The van der Waals surface area contributed by atoms with Crippen molar-refractivity contribution in [2.45, 2.75) is 25.4 Å². The zero-order valence-corrected chi connectivity index (χ0v) is 12.6. The first kappa shape index (κ1) is 14.3. The summed E-state index contributed by atoms with van der Waals surface area (Å²) < 4.78 is 1.63. The Labute approximate surface area is 128 Å². The molecule has 1 N–H and O–H groups in total. The van der Waals surface area contributed by atoms with E-state index in [2.05, 4.69) is 10.3 Å². The molecule has 1 fully saturated rings. The van der Waals surface area contributed by atoms with Gasteiger partial charge in [-0.25, -0.2) is 4.98 Å². The molecule has 2 aromatic rings. The molecule has 2 heterocycles. The minimum absolute atomic E-state index is 0.0431. The van der Waals surface area contributed by atoms with Gasteiger partial charge in [0.15, 0.2) is 5.82 Å². The number of para-hydroxylation sites is 1. The first-order chi connectivity index (χ1) is 10.6. The van der Waals surface area contributed by atoms with Gasteiger partial charge in [-0.15, -0.1) is 0 Å². The van der Waals surface area contributed by atoms with E-state index in [1.165, 1.54) is 0 Å². The highest BCUT2D eigenvalue weighted by molar-refractivity contribution is 6.03. The Hall–Kier alpha value is -2.63. The van der Waals surface area contributed by atoms with Gasteiger partial charge in [0.25, 0.3) is 5.91 Å². The Morgan fingerprint density at radius 1 is 1.32 bits per heavy atom. The molecule has 6 nitrogen and oxygen atoms in total. The zero-order valence-electron chi connectivity index (χ0n) is 12.6. The van der Waals surface area contributed by atoms with E-state index in [1.807, 2.05) is 37.3 Å². The average Bonchev–Trinajstić information content (AvgIpc) is 3.04. The summed E-state index contributed by atoms with van der Waals surface area (Å²) >= 11 is 0. The third-order valence-corrected chi connectivity index (χ3v) is 3.92. The maximum atomic E-state index is 12.6. The number of nitrogens with one attached hydrogen (secondary N) is 1. The van der Waals surface area contributed by atoms with Crippen LogP contribution in [0.2, 0.25) is 0 Å². The van der Waals surface area contributed by atoms with Gasteiger partial charge in [-0.2, -0.15) is 0 Å². The van der Waals surface area contributed by atoms with Crippen molar-refractivity contribution in [3.8, 4) is 0 Å². The molecule has 2 atom stereocenters. The van der Waals surface area contributed by atoms with Crippen molar-refractivity contribution in [1.82, 2.24) is 14.9 Å². The van der Waals surface area contributed by atoms with Gasteiger partial charge in [-0.05, 0) is 25.5 Å². The Bertz CT molecular complexity index is 695. The Kier molecular flexibility index (Phi) is 3.66. The SMILES string of the molecule is C[C@H]1C[C@H](NC(=O)c2nccn2C)C(=O)N1c1ccccc1. The maximum Gasteiger partial charge on any atom is 0.287 e. The van der Waals surface area contributed by atoms with Crippen molar-refractivity contribution in [1.29, 1.82) is 0 Å². The third kappa shape index (κ3) is 2.47. The topological polar surface area (TPSA) is 67.2 Å². The van der Waals surface area contributed by atoms with Crippen LogP contribution in [-0.2, 0) is 11.8 Å². The summed E-state index contributed by atoms with van der Waals surface area (Å²) in [6.07, 6.45) is 3.85. The van der Waals surface area contributed by atoms with E-state index >= 15 is 0 Å². The van der Waals surface area contributed by atoms with Crippen LogP contribution in [0.5, 0.6) is 0 Å². The van der Waals surface area contributed by atoms with E-state index in [4.69, 9.17) is 0 Å². The highest BCUT2D eigenvalue weighted by Gasteiger charge is 2.39. The first-order valence-electron chi connectivity index (χ1n) is 7.24. The van der Waals surface area contributed by atoms with E-state index in [1.54, 1.807) is 28.9 Å². The van der Waals surface area contributed by atoms with Crippen LogP contribution in [0.25, 0.3) is 0 Å². The molecule has 6 heteroatoms. The molecule has 1 aliphatic heterocycles. The Morgan fingerprint density at radius 2 is 2.05 bits per heavy atom. The second kappa shape index (κ2) is 5.63.